The molecule has 3 nitrogen and oxygen atoms in total. The molecule has 1 fully saturated rings. The zero-order valence-electron chi connectivity index (χ0n) is 9.41. The van der Waals surface area contributed by atoms with Gasteiger partial charge in [-0.05, 0) is 27.7 Å². The molecule has 0 saturated carbocycles. The van der Waals surface area contributed by atoms with Gasteiger partial charge in [0.15, 0.2) is 5.96 Å². The second-order valence-electron chi connectivity index (χ2n) is 4.23. The first kappa shape index (κ1) is 10.4. The quantitative estimate of drug-likeness (QED) is 0.644. The molecule has 1 rings (SSSR count). The van der Waals surface area contributed by atoms with E-state index in [1.807, 2.05) is 0 Å². The van der Waals surface area contributed by atoms with E-state index in [0.29, 0.717) is 12.1 Å². The monoisotopic (exact) mass is 183 g/mol. The molecule has 13 heavy (non-hydrogen) atoms. The van der Waals surface area contributed by atoms with Gasteiger partial charge in [-0.15, -0.1) is 0 Å². The Morgan fingerprint density at radius 1 is 1.15 bits per heavy atom. The van der Waals surface area contributed by atoms with Crippen molar-refractivity contribution in [1.82, 2.24) is 9.80 Å². The van der Waals surface area contributed by atoms with Gasteiger partial charge in [-0.25, -0.2) is 0 Å². The van der Waals surface area contributed by atoms with Crippen LogP contribution in [0.25, 0.3) is 0 Å². The number of rotatable bonds is 2. The molecule has 76 valence electrons. The number of hydrogen-bond donors (Lipinski definition) is 0. The Kier molecular flexibility index (Phi) is 3.17. The molecule has 1 saturated heterocycles. The number of guanidine groups is 1. The molecule has 0 N–H and O–H groups in total. The van der Waals surface area contributed by atoms with E-state index in [1.54, 1.807) is 0 Å². The molecule has 0 amide bonds. The van der Waals surface area contributed by atoms with Crippen LogP contribution in [-0.4, -0.2) is 48.0 Å². The van der Waals surface area contributed by atoms with Gasteiger partial charge in [0.25, 0.3) is 0 Å². The van der Waals surface area contributed by atoms with Crippen molar-refractivity contribution < 1.29 is 0 Å². The lowest BCUT2D eigenvalue weighted by Gasteiger charge is -2.25. The van der Waals surface area contributed by atoms with Crippen LogP contribution in [0.1, 0.15) is 27.7 Å². The van der Waals surface area contributed by atoms with Crippen LogP contribution in [0.5, 0.6) is 0 Å². The van der Waals surface area contributed by atoms with Crippen LogP contribution in [0, 0.1) is 0 Å². The zero-order chi connectivity index (χ0) is 10.0. The summed E-state index contributed by atoms with van der Waals surface area (Å²) in [6, 6.07) is 0.944. The van der Waals surface area contributed by atoms with Crippen molar-refractivity contribution in [2.24, 2.45) is 4.99 Å². The molecule has 1 aliphatic heterocycles. The average molecular weight is 183 g/mol. The minimum Gasteiger partial charge on any atom is -0.344 e. The smallest absolute Gasteiger partial charge is 0.196 e. The van der Waals surface area contributed by atoms with Gasteiger partial charge >= 0.3 is 0 Å². The third kappa shape index (κ3) is 2.36. The van der Waals surface area contributed by atoms with E-state index in [-0.39, 0.29) is 0 Å². The number of likely N-dealkylation sites (N-methyl/N-ethyl adjacent to an activating group) is 1. The van der Waals surface area contributed by atoms with E-state index in [4.69, 9.17) is 0 Å². The number of aliphatic imine (C=N–C) groups is 1. The summed E-state index contributed by atoms with van der Waals surface area (Å²) >= 11 is 0. The summed E-state index contributed by atoms with van der Waals surface area (Å²) in [5.74, 6) is 1.16. The van der Waals surface area contributed by atoms with Crippen molar-refractivity contribution in [2.45, 2.75) is 39.8 Å². The lowest BCUT2D eigenvalue weighted by Crippen LogP contribution is -2.37. The van der Waals surface area contributed by atoms with Crippen LogP contribution in [0.4, 0.5) is 0 Å². The zero-order valence-corrected chi connectivity index (χ0v) is 9.41. The molecule has 0 unspecified atom stereocenters. The van der Waals surface area contributed by atoms with Crippen LogP contribution >= 0.6 is 0 Å². The van der Waals surface area contributed by atoms with Crippen molar-refractivity contribution in [2.75, 3.05) is 20.1 Å². The predicted octanol–water partition coefficient (Wildman–Crippen LogP) is 1.41. The highest BCUT2D eigenvalue weighted by Crippen LogP contribution is 2.11. The van der Waals surface area contributed by atoms with Gasteiger partial charge < -0.3 is 9.80 Å². The fourth-order valence-corrected chi connectivity index (χ4v) is 1.57. The molecule has 0 atom stereocenters. The maximum Gasteiger partial charge on any atom is 0.196 e. The Labute approximate surface area is 81.4 Å². The van der Waals surface area contributed by atoms with Gasteiger partial charge in [0.1, 0.15) is 0 Å². The second kappa shape index (κ2) is 3.99. The third-order valence-corrected chi connectivity index (χ3v) is 2.27. The fourth-order valence-electron chi connectivity index (χ4n) is 1.57. The molecule has 1 heterocycles. The van der Waals surface area contributed by atoms with Crippen LogP contribution < -0.4 is 0 Å². The summed E-state index contributed by atoms with van der Waals surface area (Å²) in [6.07, 6.45) is 0. The van der Waals surface area contributed by atoms with Gasteiger partial charge in [0.2, 0.25) is 0 Å². The van der Waals surface area contributed by atoms with Crippen LogP contribution in [0.15, 0.2) is 4.99 Å². The van der Waals surface area contributed by atoms with Gasteiger partial charge in [0.05, 0.1) is 0 Å². The lowest BCUT2D eigenvalue weighted by atomic mass is 10.3. The van der Waals surface area contributed by atoms with Crippen molar-refractivity contribution in [1.29, 1.82) is 0 Å². The number of nitrogens with zero attached hydrogens (tertiary/aromatic N) is 3. The van der Waals surface area contributed by atoms with Crippen LogP contribution in [-0.2, 0) is 0 Å². The highest BCUT2D eigenvalue weighted by molar-refractivity contribution is 5.82. The van der Waals surface area contributed by atoms with Gasteiger partial charge in [-0.3, -0.25) is 4.99 Å². The molecule has 0 spiro atoms. The van der Waals surface area contributed by atoms with Gasteiger partial charge in [-0.1, -0.05) is 0 Å². The largest absolute Gasteiger partial charge is 0.344 e. The second-order valence-corrected chi connectivity index (χ2v) is 4.23. The SMILES string of the molecule is CC(C)/N=C1\N(C)CCN1C(C)C. The Morgan fingerprint density at radius 2 is 1.77 bits per heavy atom. The van der Waals surface area contributed by atoms with Crippen LogP contribution in [0.2, 0.25) is 0 Å². The fraction of sp³-hybridized carbons (Fsp3) is 0.900. The molecule has 0 radical (unpaired) electrons. The molecule has 0 aliphatic carbocycles. The molecule has 1 aliphatic rings. The standard InChI is InChI=1S/C10H21N3/c1-8(2)11-10-12(5)6-7-13(10)9(3)4/h8-9H,6-7H2,1-5H3/b11-10+. The first-order valence-electron chi connectivity index (χ1n) is 5.08. The minimum atomic E-state index is 0.386. The van der Waals surface area contributed by atoms with E-state index < -0.39 is 0 Å². The first-order chi connectivity index (χ1) is 6.02. The summed E-state index contributed by atoms with van der Waals surface area (Å²) in [5.41, 5.74) is 0. The van der Waals surface area contributed by atoms with E-state index >= 15 is 0 Å². The average Bonchev–Trinajstić information content (AvgIpc) is 2.32. The van der Waals surface area contributed by atoms with E-state index in [9.17, 15) is 0 Å². The van der Waals surface area contributed by atoms with E-state index in [2.05, 4.69) is 49.5 Å². The Balaban J connectivity index is 2.77. The van der Waals surface area contributed by atoms with E-state index in [1.165, 1.54) is 0 Å². The molecule has 0 aromatic rings. The maximum atomic E-state index is 4.63. The number of hydrogen-bond acceptors (Lipinski definition) is 1. The van der Waals surface area contributed by atoms with Gasteiger partial charge in [-0.2, -0.15) is 0 Å². The van der Waals surface area contributed by atoms with Crippen molar-refractivity contribution in [3.8, 4) is 0 Å². The third-order valence-electron chi connectivity index (χ3n) is 2.27. The Morgan fingerprint density at radius 3 is 2.23 bits per heavy atom. The summed E-state index contributed by atoms with van der Waals surface area (Å²) in [4.78, 5) is 9.23. The molecule has 0 aromatic heterocycles. The summed E-state index contributed by atoms with van der Waals surface area (Å²) in [7, 11) is 2.11. The topological polar surface area (TPSA) is 18.8 Å². The first-order valence-corrected chi connectivity index (χ1v) is 5.08. The minimum absolute atomic E-state index is 0.386. The van der Waals surface area contributed by atoms with Crippen molar-refractivity contribution >= 4 is 5.96 Å². The van der Waals surface area contributed by atoms with Crippen LogP contribution in [0.3, 0.4) is 0 Å². The normalized spacial score (nSPS) is 21.3. The highest BCUT2D eigenvalue weighted by atomic mass is 15.4. The molecule has 3 heteroatoms. The Bertz CT molecular complexity index is 196. The molecule has 0 aromatic carbocycles. The molecular weight excluding hydrogens is 162 g/mol. The lowest BCUT2D eigenvalue weighted by molar-refractivity contribution is 0.381. The van der Waals surface area contributed by atoms with Gasteiger partial charge in [0, 0.05) is 32.2 Å². The summed E-state index contributed by atoms with van der Waals surface area (Å²) in [6.45, 7) is 10.9. The predicted molar refractivity (Wildman–Crippen MR) is 57.0 cm³/mol. The molecule has 0 bridgehead atoms. The van der Waals surface area contributed by atoms with E-state index in [0.717, 1.165) is 19.0 Å². The molecular formula is C10H21N3. The summed E-state index contributed by atoms with van der Waals surface area (Å²) < 4.78 is 0. The Hall–Kier alpha value is -0.730. The maximum absolute atomic E-state index is 4.63. The van der Waals surface area contributed by atoms with Crippen molar-refractivity contribution in [3.63, 3.8) is 0 Å². The summed E-state index contributed by atoms with van der Waals surface area (Å²) in [5, 5.41) is 0. The highest BCUT2D eigenvalue weighted by Gasteiger charge is 2.25. The van der Waals surface area contributed by atoms with Crippen molar-refractivity contribution in [3.05, 3.63) is 0 Å².